The molecule has 1 aromatic carbocycles. The van der Waals surface area contributed by atoms with Gasteiger partial charge in [-0.1, -0.05) is 38.3 Å². The first-order chi connectivity index (χ1) is 14.6. The Morgan fingerprint density at radius 1 is 1.10 bits per heavy atom. The summed E-state index contributed by atoms with van der Waals surface area (Å²) >= 11 is 0. The van der Waals surface area contributed by atoms with Gasteiger partial charge in [0.1, 0.15) is 6.26 Å². The Labute approximate surface area is 178 Å². The average molecular weight is 410 g/mol. The van der Waals surface area contributed by atoms with Gasteiger partial charge in [0.05, 0.1) is 6.54 Å². The SMILES string of the molecule is CCCCCCc1ccc(C(=O)N(Cc2nc(C(=O)NC3CC3)co2)C2CC2)cc1. The van der Waals surface area contributed by atoms with Crippen LogP contribution in [0.2, 0.25) is 0 Å². The van der Waals surface area contributed by atoms with E-state index >= 15 is 0 Å². The predicted octanol–water partition coefficient (Wildman–Crippen LogP) is 4.49. The molecule has 1 heterocycles. The van der Waals surface area contributed by atoms with E-state index in [1.54, 1.807) is 0 Å². The Kier molecular flexibility index (Phi) is 6.50. The normalized spacial score (nSPS) is 15.8. The van der Waals surface area contributed by atoms with Gasteiger partial charge in [-0.2, -0.15) is 0 Å². The average Bonchev–Trinajstić information content (AvgIpc) is 3.69. The first-order valence-corrected chi connectivity index (χ1v) is 11.3. The van der Waals surface area contributed by atoms with Gasteiger partial charge in [0.25, 0.3) is 11.8 Å². The third-order valence-corrected chi connectivity index (χ3v) is 5.77. The van der Waals surface area contributed by atoms with E-state index in [9.17, 15) is 9.59 Å². The van der Waals surface area contributed by atoms with Crippen LogP contribution in [0.3, 0.4) is 0 Å². The van der Waals surface area contributed by atoms with E-state index < -0.39 is 0 Å². The van der Waals surface area contributed by atoms with Crippen LogP contribution >= 0.6 is 0 Å². The minimum atomic E-state index is -0.202. The summed E-state index contributed by atoms with van der Waals surface area (Å²) in [6, 6.07) is 8.48. The zero-order valence-corrected chi connectivity index (χ0v) is 17.7. The topological polar surface area (TPSA) is 75.4 Å². The number of rotatable bonds is 11. The fourth-order valence-corrected chi connectivity index (χ4v) is 3.61. The van der Waals surface area contributed by atoms with Gasteiger partial charge in [-0.3, -0.25) is 9.59 Å². The van der Waals surface area contributed by atoms with Gasteiger partial charge >= 0.3 is 0 Å². The molecule has 160 valence electrons. The maximum Gasteiger partial charge on any atom is 0.273 e. The molecule has 2 aliphatic carbocycles. The first-order valence-electron chi connectivity index (χ1n) is 11.3. The van der Waals surface area contributed by atoms with Crippen molar-refractivity contribution in [2.75, 3.05) is 0 Å². The summed E-state index contributed by atoms with van der Waals surface area (Å²) in [4.78, 5) is 31.4. The van der Waals surface area contributed by atoms with Crippen LogP contribution in [0.1, 0.15) is 90.6 Å². The number of aromatic nitrogens is 1. The highest BCUT2D eigenvalue weighted by Gasteiger charge is 2.34. The molecule has 0 aliphatic heterocycles. The first kappa shape index (κ1) is 20.6. The summed E-state index contributed by atoms with van der Waals surface area (Å²) in [5, 5.41) is 2.91. The molecule has 6 nitrogen and oxygen atoms in total. The number of oxazole rings is 1. The molecule has 0 saturated heterocycles. The molecule has 30 heavy (non-hydrogen) atoms. The molecule has 2 aromatic rings. The van der Waals surface area contributed by atoms with Crippen LogP contribution < -0.4 is 5.32 Å². The lowest BCUT2D eigenvalue weighted by Gasteiger charge is -2.21. The molecule has 4 rings (SSSR count). The van der Waals surface area contributed by atoms with Crippen molar-refractivity contribution < 1.29 is 14.0 Å². The fourth-order valence-electron chi connectivity index (χ4n) is 3.61. The maximum atomic E-state index is 13.1. The highest BCUT2D eigenvalue weighted by Crippen LogP contribution is 2.30. The number of nitrogens with zero attached hydrogens (tertiary/aromatic N) is 2. The molecule has 2 fully saturated rings. The molecule has 0 bridgehead atoms. The second-order valence-electron chi connectivity index (χ2n) is 8.55. The lowest BCUT2D eigenvalue weighted by atomic mass is 10.0. The summed E-state index contributed by atoms with van der Waals surface area (Å²) in [5.41, 5.74) is 2.25. The third kappa shape index (κ3) is 5.49. The zero-order valence-electron chi connectivity index (χ0n) is 17.7. The maximum absolute atomic E-state index is 13.1. The van der Waals surface area contributed by atoms with Crippen LogP contribution in [0.15, 0.2) is 34.9 Å². The van der Waals surface area contributed by atoms with Gasteiger partial charge in [0.2, 0.25) is 5.89 Å². The number of hydrogen-bond donors (Lipinski definition) is 1. The van der Waals surface area contributed by atoms with Gasteiger partial charge in [-0.25, -0.2) is 4.98 Å². The number of unbranched alkanes of at least 4 members (excludes halogenated alkanes) is 3. The highest BCUT2D eigenvalue weighted by atomic mass is 16.3. The van der Waals surface area contributed by atoms with Crippen molar-refractivity contribution in [1.29, 1.82) is 0 Å². The Balaban J connectivity index is 1.36. The van der Waals surface area contributed by atoms with Crippen LogP contribution in [-0.4, -0.2) is 33.8 Å². The van der Waals surface area contributed by atoms with Crippen LogP contribution in [0.5, 0.6) is 0 Å². The quantitative estimate of drug-likeness (QED) is 0.555. The number of nitrogens with one attached hydrogen (secondary N) is 1. The van der Waals surface area contributed by atoms with E-state index in [1.807, 2.05) is 17.0 Å². The fraction of sp³-hybridized carbons (Fsp3) is 0.542. The summed E-state index contributed by atoms with van der Waals surface area (Å²) < 4.78 is 5.50. The van der Waals surface area contributed by atoms with Crippen molar-refractivity contribution in [3.05, 3.63) is 53.2 Å². The summed E-state index contributed by atoms with van der Waals surface area (Å²) in [6.45, 7) is 2.51. The molecular formula is C24H31N3O3. The zero-order chi connectivity index (χ0) is 20.9. The third-order valence-electron chi connectivity index (χ3n) is 5.77. The largest absolute Gasteiger partial charge is 0.446 e. The molecule has 6 heteroatoms. The van der Waals surface area contributed by atoms with Crippen molar-refractivity contribution >= 4 is 11.8 Å². The van der Waals surface area contributed by atoms with E-state index in [4.69, 9.17) is 4.42 Å². The van der Waals surface area contributed by atoms with E-state index in [0.717, 1.165) is 32.1 Å². The Morgan fingerprint density at radius 2 is 1.87 bits per heavy atom. The standard InChI is InChI=1S/C24H31N3O3/c1-2-3-4-5-6-17-7-9-18(10-8-17)24(29)27(20-13-14-20)15-22-26-21(16-30-22)23(28)25-19-11-12-19/h7-10,16,19-20H,2-6,11-15H2,1H3,(H,25,28). The molecule has 0 unspecified atom stereocenters. The van der Waals surface area contributed by atoms with Crippen molar-refractivity contribution in [2.24, 2.45) is 0 Å². The second kappa shape index (κ2) is 9.45. The molecule has 2 amide bonds. The Bertz CT molecular complexity index is 866. The summed E-state index contributed by atoms with van der Waals surface area (Å²) in [6.07, 6.45) is 11.4. The monoisotopic (exact) mass is 409 g/mol. The molecule has 0 atom stereocenters. The molecule has 0 spiro atoms. The van der Waals surface area contributed by atoms with Gasteiger partial charge < -0.3 is 14.6 Å². The number of aryl methyl sites for hydroxylation is 1. The lowest BCUT2D eigenvalue weighted by Crippen LogP contribution is -2.32. The Morgan fingerprint density at radius 3 is 2.53 bits per heavy atom. The minimum absolute atomic E-state index is 0.00258. The summed E-state index contributed by atoms with van der Waals surface area (Å²) in [5.74, 6) is 0.201. The number of benzene rings is 1. The summed E-state index contributed by atoms with van der Waals surface area (Å²) in [7, 11) is 0. The van der Waals surface area contributed by atoms with Crippen molar-refractivity contribution in [1.82, 2.24) is 15.2 Å². The van der Waals surface area contributed by atoms with Crippen molar-refractivity contribution in [3.63, 3.8) is 0 Å². The van der Waals surface area contributed by atoms with Crippen LogP contribution in [0.4, 0.5) is 0 Å². The number of hydrogen-bond acceptors (Lipinski definition) is 4. The lowest BCUT2D eigenvalue weighted by molar-refractivity contribution is 0.0714. The second-order valence-corrected chi connectivity index (χ2v) is 8.55. The minimum Gasteiger partial charge on any atom is -0.446 e. The number of carbonyl (C=O) groups is 2. The smallest absolute Gasteiger partial charge is 0.273 e. The number of amides is 2. The van der Waals surface area contributed by atoms with Gasteiger partial charge in [-0.05, 0) is 56.2 Å². The molecule has 1 aromatic heterocycles. The molecule has 2 aliphatic rings. The van der Waals surface area contributed by atoms with E-state index in [1.165, 1.54) is 37.5 Å². The van der Waals surface area contributed by atoms with Gasteiger partial charge in [0, 0.05) is 17.6 Å². The van der Waals surface area contributed by atoms with Crippen molar-refractivity contribution in [2.45, 2.75) is 83.3 Å². The van der Waals surface area contributed by atoms with E-state index in [-0.39, 0.29) is 29.6 Å². The Hall–Kier alpha value is -2.63. The molecule has 0 radical (unpaired) electrons. The van der Waals surface area contributed by atoms with E-state index in [2.05, 4.69) is 29.4 Å². The molecular weight excluding hydrogens is 378 g/mol. The van der Waals surface area contributed by atoms with Crippen LogP contribution in [0.25, 0.3) is 0 Å². The van der Waals surface area contributed by atoms with Crippen LogP contribution in [-0.2, 0) is 13.0 Å². The van der Waals surface area contributed by atoms with Crippen LogP contribution in [0, 0.1) is 0 Å². The van der Waals surface area contributed by atoms with Gasteiger partial charge in [-0.15, -0.1) is 0 Å². The predicted molar refractivity (Wildman–Crippen MR) is 114 cm³/mol. The van der Waals surface area contributed by atoms with E-state index in [0.29, 0.717) is 18.0 Å². The highest BCUT2D eigenvalue weighted by molar-refractivity contribution is 5.94. The van der Waals surface area contributed by atoms with Gasteiger partial charge in [0.15, 0.2) is 5.69 Å². The molecule has 2 saturated carbocycles. The molecule has 1 N–H and O–H groups in total. The van der Waals surface area contributed by atoms with Crippen molar-refractivity contribution in [3.8, 4) is 0 Å². The number of carbonyl (C=O) groups excluding carboxylic acids is 2.